The average Bonchev–Trinajstić information content (AvgIpc) is 2.38. The van der Waals surface area contributed by atoms with Gasteiger partial charge in [-0.1, -0.05) is 18.2 Å². The Labute approximate surface area is 99.5 Å². The van der Waals surface area contributed by atoms with Crippen molar-refractivity contribution in [3.8, 4) is 0 Å². The molecule has 0 unspecified atom stereocenters. The highest BCUT2D eigenvalue weighted by atomic mass is 19.1. The van der Waals surface area contributed by atoms with Crippen molar-refractivity contribution in [1.29, 1.82) is 0 Å². The zero-order valence-corrected chi connectivity index (χ0v) is 9.36. The van der Waals surface area contributed by atoms with Crippen molar-refractivity contribution in [2.24, 2.45) is 5.73 Å². The van der Waals surface area contributed by atoms with Crippen molar-refractivity contribution in [2.45, 2.75) is 13.1 Å². The molecule has 4 heteroatoms. The summed E-state index contributed by atoms with van der Waals surface area (Å²) in [6.45, 7) is 0.972. The van der Waals surface area contributed by atoms with E-state index in [2.05, 4.69) is 10.3 Å². The Bertz CT molecular complexity index is 482. The van der Waals surface area contributed by atoms with E-state index in [0.717, 1.165) is 11.3 Å². The molecule has 0 aliphatic rings. The van der Waals surface area contributed by atoms with E-state index in [-0.39, 0.29) is 5.82 Å². The highest BCUT2D eigenvalue weighted by molar-refractivity contribution is 5.44. The van der Waals surface area contributed by atoms with Crippen LogP contribution in [-0.4, -0.2) is 4.98 Å². The van der Waals surface area contributed by atoms with Crippen LogP contribution in [0.4, 0.5) is 10.1 Å². The van der Waals surface area contributed by atoms with Gasteiger partial charge in [0.2, 0.25) is 0 Å². The van der Waals surface area contributed by atoms with Gasteiger partial charge >= 0.3 is 0 Å². The van der Waals surface area contributed by atoms with Crippen molar-refractivity contribution in [1.82, 2.24) is 4.98 Å². The van der Waals surface area contributed by atoms with Gasteiger partial charge in [0.1, 0.15) is 5.82 Å². The van der Waals surface area contributed by atoms with E-state index >= 15 is 0 Å². The third-order valence-corrected chi connectivity index (χ3v) is 2.45. The van der Waals surface area contributed by atoms with Gasteiger partial charge in [0.15, 0.2) is 0 Å². The topological polar surface area (TPSA) is 50.9 Å². The summed E-state index contributed by atoms with van der Waals surface area (Å²) >= 11 is 0. The molecule has 0 fully saturated rings. The Morgan fingerprint density at radius 1 is 1.18 bits per heavy atom. The van der Waals surface area contributed by atoms with E-state index in [1.54, 1.807) is 24.4 Å². The molecule has 3 N–H and O–H groups in total. The van der Waals surface area contributed by atoms with Crippen molar-refractivity contribution in [2.75, 3.05) is 5.32 Å². The number of anilines is 1. The first-order chi connectivity index (χ1) is 8.29. The van der Waals surface area contributed by atoms with Gasteiger partial charge in [-0.2, -0.15) is 0 Å². The fourth-order valence-electron chi connectivity index (χ4n) is 1.48. The molecule has 0 radical (unpaired) electrons. The quantitative estimate of drug-likeness (QED) is 0.848. The first-order valence-electron chi connectivity index (χ1n) is 5.42. The fourth-order valence-corrected chi connectivity index (χ4v) is 1.48. The molecule has 17 heavy (non-hydrogen) atoms. The summed E-state index contributed by atoms with van der Waals surface area (Å²) in [5.74, 6) is -0.251. The first-order valence-corrected chi connectivity index (χ1v) is 5.42. The smallest absolute Gasteiger partial charge is 0.146 e. The minimum absolute atomic E-state index is 0.251. The van der Waals surface area contributed by atoms with Crippen molar-refractivity contribution in [3.63, 3.8) is 0 Å². The summed E-state index contributed by atoms with van der Waals surface area (Å²) in [4.78, 5) is 4.17. The fraction of sp³-hybridized carbons (Fsp3) is 0.154. The second-order valence-electron chi connectivity index (χ2n) is 3.70. The molecule has 0 spiro atoms. The molecule has 3 nitrogen and oxygen atoms in total. The number of aromatic nitrogens is 1. The van der Waals surface area contributed by atoms with Gasteiger partial charge in [0.25, 0.3) is 0 Å². The Morgan fingerprint density at radius 2 is 2.00 bits per heavy atom. The molecule has 2 aromatic rings. The van der Waals surface area contributed by atoms with Crippen LogP contribution in [0.3, 0.4) is 0 Å². The molecular formula is C13H14FN3. The molecule has 1 heterocycles. The normalized spacial score (nSPS) is 10.2. The maximum atomic E-state index is 13.3. The number of rotatable bonds is 4. The molecule has 2 rings (SSSR count). The molecule has 88 valence electrons. The van der Waals surface area contributed by atoms with Crippen LogP contribution in [0.15, 0.2) is 42.6 Å². The van der Waals surface area contributed by atoms with Crippen LogP contribution in [0.2, 0.25) is 0 Å². The summed E-state index contributed by atoms with van der Waals surface area (Å²) in [6, 6.07) is 10.4. The molecule has 0 atom stereocenters. The van der Waals surface area contributed by atoms with Gasteiger partial charge < -0.3 is 11.1 Å². The zero-order chi connectivity index (χ0) is 12.1. The number of nitrogens with two attached hydrogens (primary N) is 1. The lowest BCUT2D eigenvalue weighted by Gasteiger charge is -2.07. The minimum atomic E-state index is -0.251. The minimum Gasteiger partial charge on any atom is -0.379 e. The number of pyridine rings is 1. The Balaban J connectivity index is 2.00. The lowest BCUT2D eigenvalue weighted by Crippen LogP contribution is -2.03. The van der Waals surface area contributed by atoms with Gasteiger partial charge in [0, 0.05) is 19.3 Å². The van der Waals surface area contributed by atoms with Crippen molar-refractivity contribution < 1.29 is 4.39 Å². The summed E-state index contributed by atoms with van der Waals surface area (Å²) in [6.07, 6.45) is 1.75. The third-order valence-electron chi connectivity index (χ3n) is 2.45. The maximum absolute atomic E-state index is 13.3. The number of hydrogen-bond acceptors (Lipinski definition) is 3. The number of nitrogens with zero attached hydrogens (tertiary/aromatic N) is 1. The molecule has 0 amide bonds. The Morgan fingerprint density at radius 3 is 2.65 bits per heavy atom. The van der Waals surface area contributed by atoms with Crippen molar-refractivity contribution in [3.05, 3.63) is 59.7 Å². The van der Waals surface area contributed by atoms with Crippen LogP contribution in [0.1, 0.15) is 11.3 Å². The summed E-state index contributed by atoms with van der Waals surface area (Å²) in [5, 5.41) is 3.02. The largest absolute Gasteiger partial charge is 0.379 e. The van der Waals surface area contributed by atoms with E-state index in [9.17, 15) is 4.39 Å². The molecule has 0 aliphatic heterocycles. The zero-order valence-electron chi connectivity index (χ0n) is 9.36. The summed E-state index contributed by atoms with van der Waals surface area (Å²) < 4.78 is 13.3. The number of nitrogens with one attached hydrogen (secondary N) is 1. The first kappa shape index (κ1) is 11.5. The molecular weight excluding hydrogens is 217 g/mol. The predicted octanol–water partition coefficient (Wildman–Crippen LogP) is 2.29. The van der Waals surface area contributed by atoms with Crippen molar-refractivity contribution >= 4 is 5.69 Å². The highest BCUT2D eigenvalue weighted by Gasteiger charge is 2.00. The van der Waals surface area contributed by atoms with Crippen LogP contribution >= 0.6 is 0 Å². The molecule has 0 bridgehead atoms. The SMILES string of the molecule is NCc1ccc(CNc2ccccc2F)cn1. The van der Waals surface area contributed by atoms with Gasteiger partial charge in [-0.15, -0.1) is 0 Å². The van der Waals surface area contributed by atoms with Gasteiger partial charge in [0.05, 0.1) is 11.4 Å². The second-order valence-corrected chi connectivity index (χ2v) is 3.70. The Hall–Kier alpha value is -1.94. The maximum Gasteiger partial charge on any atom is 0.146 e. The number of benzene rings is 1. The van der Waals surface area contributed by atoms with Crippen LogP contribution in [0.25, 0.3) is 0 Å². The number of hydrogen-bond donors (Lipinski definition) is 2. The van der Waals surface area contributed by atoms with Crippen LogP contribution in [0, 0.1) is 5.82 Å². The third kappa shape index (κ3) is 3.01. The molecule has 1 aromatic carbocycles. The summed E-state index contributed by atoms with van der Waals surface area (Å²) in [5.41, 5.74) is 7.79. The van der Waals surface area contributed by atoms with Crippen LogP contribution in [0.5, 0.6) is 0 Å². The monoisotopic (exact) mass is 231 g/mol. The van der Waals surface area contributed by atoms with Gasteiger partial charge in [-0.25, -0.2) is 4.39 Å². The predicted molar refractivity (Wildman–Crippen MR) is 65.9 cm³/mol. The van der Waals surface area contributed by atoms with E-state index in [0.29, 0.717) is 18.8 Å². The second kappa shape index (κ2) is 5.41. The van der Waals surface area contributed by atoms with E-state index in [1.807, 2.05) is 12.1 Å². The van der Waals surface area contributed by atoms with Gasteiger partial charge in [-0.3, -0.25) is 4.98 Å². The molecule has 0 saturated carbocycles. The van der Waals surface area contributed by atoms with Crippen LogP contribution in [-0.2, 0) is 13.1 Å². The lowest BCUT2D eigenvalue weighted by molar-refractivity contribution is 0.630. The Kier molecular flexibility index (Phi) is 3.67. The summed E-state index contributed by atoms with van der Waals surface area (Å²) in [7, 11) is 0. The molecule has 0 aliphatic carbocycles. The highest BCUT2D eigenvalue weighted by Crippen LogP contribution is 2.13. The van der Waals surface area contributed by atoms with E-state index < -0.39 is 0 Å². The van der Waals surface area contributed by atoms with Crippen LogP contribution < -0.4 is 11.1 Å². The van der Waals surface area contributed by atoms with E-state index in [1.165, 1.54) is 6.07 Å². The number of para-hydroxylation sites is 1. The van der Waals surface area contributed by atoms with E-state index in [4.69, 9.17) is 5.73 Å². The molecule has 0 saturated heterocycles. The van der Waals surface area contributed by atoms with Gasteiger partial charge in [-0.05, 0) is 23.8 Å². The standard InChI is InChI=1S/C13H14FN3/c14-12-3-1-2-4-13(12)17-9-10-5-6-11(7-15)16-8-10/h1-6,8,17H,7,9,15H2. The molecule has 1 aromatic heterocycles. The lowest BCUT2D eigenvalue weighted by atomic mass is 10.2. The average molecular weight is 231 g/mol. The number of halogens is 1.